The third-order valence-corrected chi connectivity index (χ3v) is 5.40. The van der Waals surface area contributed by atoms with Crippen molar-refractivity contribution in [2.75, 3.05) is 18.5 Å². The second kappa shape index (κ2) is 9.01. The fourth-order valence-corrected chi connectivity index (χ4v) is 3.86. The number of esters is 2. The Hall–Kier alpha value is -2.68. The van der Waals surface area contributed by atoms with E-state index in [9.17, 15) is 14.4 Å². The van der Waals surface area contributed by atoms with Gasteiger partial charge < -0.3 is 14.8 Å². The first-order valence-corrected chi connectivity index (χ1v) is 9.83. The van der Waals surface area contributed by atoms with Gasteiger partial charge in [-0.2, -0.15) is 5.10 Å². The van der Waals surface area contributed by atoms with Crippen molar-refractivity contribution in [2.45, 2.75) is 41.0 Å². The molecule has 8 nitrogen and oxygen atoms in total. The largest absolute Gasteiger partial charge is 0.462 e. The van der Waals surface area contributed by atoms with E-state index in [0.717, 1.165) is 11.3 Å². The monoisotopic (exact) mass is 407 g/mol. The zero-order valence-electron chi connectivity index (χ0n) is 17.0. The molecule has 0 aliphatic heterocycles. The van der Waals surface area contributed by atoms with Crippen LogP contribution in [0.2, 0.25) is 0 Å². The Kier molecular flexibility index (Phi) is 6.95. The highest BCUT2D eigenvalue weighted by Gasteiger charge is 2.28. The van der Waals surface area contributed by atoms with Crippen molar-refractivity contribution in [2.24, 2.45) is 7.05 Å². The molecule has 0 aliphatic carbocycles. The van der Waals surface area contributed by atoms with Gasteiger partial charge in [0.1, 0.15) is 9.88 Å². The molecular weight excluding hydrogens is 382 g/mol. The SMILES string of the molecule is CCCOC(=O)c1c(NC(=O)c2c(C)nn(C)c2C)sc(C(=O)OCC)c1C. The van der Waals surface area contributed by atoms with Crippen LogP contribution < -0.4 is 5.32 Å². The van der Waals surface area contributed by atoms with Gasteiger partial charge >= 0.3 is 11.9 Å². The average molecular weight is 407 g/mol. The fraction of sp³-hybridized carbons (Fsp3) is 0.474. The maximum absolute atomic E-state index is 12.8. The Morgan fingerprint density at radius 3 is 2.29 bits per heavy atom. The van der Waals surface area contributed by atoms with Gasteiger partial charge in [-0.25, -0.2) is 9.59 Å². The number of hydrogen-bond donors (Lipinski definition) is 1. The maximum Gasteiger partial charge on any atom is 0.348 e. The van der Waals surface area contributed by atoms with Gasteiger partial charge in [-0.05, 0) is 39.7 Å². The van der Waals surface area contributed by atoms with Gasteiger partial charge in [-0.1, -0.05) is 6.92 Å². The number of amides is 1. The molecule has 0 unspecified atom stereocenters. The van der Waals surface area contributed by atoms with E-state index >= 15 is 0 Å². The van der Waals surface area contributed by atoms with Crippen LogP contribution in [0.4, 0.5) is 5.00 Å². The first kappa shape index (κ1) is 21.6. The number of nitrogens with one attached hydrogen (secondary N) is 1. The standard InChI is InChI=1S/C19H25N3O5S/c1-7-9-27-18(24)13-10(3)15(19(25)26-8-2)28-17(13)20-16(23)14-11(4)21-22(6)12(14)5/h7-9H2,1-6H3,(H,20,23). The number of hydrogen-bond acceptors (Lipinski definition) is 7. The fourth-order valence-electron chi connectivity index (χ4n) is 2.77. The smallest absolute Gasteiger partial charge is 0.348 e. The molecule has 2 heterocycles. The third-order valence-electron chi connectivity index (χ3n) is 4.21. The highest BCUT2D eigenvalue weighted by atomic mass is 32.1. The van der Waals surface area contributed by atoms with Crippen LogP contribution >= 0.6 is 11.3 Å². The maximum atomic E-state index is 12.8. The average Bonchev–Trinajstić information content (AvgIpc) is 3.08. The molecule has 0 saturated carbocycles. The molecule has 0 aliphatic rings. The molecule has 2 rings (SSSR count). The molecule has 0 spiro atoms. The first-order chi connectivity index (χ1) is 13.2. The Morgan fingerprint density at radius 2 is 1.75 bits per heavy atom. The molecule has 2 aromatic heterocycles. The van der Waals surface area contributed by atoms with Crippen molar-refractivity contribution in [3.05, 3.63) is 33.0 Å². The van der Waals surface area contributed by atoms with E-state index < -0.39 is 17.8 Å². The summed E-state index contributed by atoms with van der Waals surface area (Å²) < 4.78 is 11.9. The Bertz CT molecular complexity index is 913. The van der Waals surface area contributed by atoms with Crippen LogP contribution in [0, 0.1) is 20.8 Å². The van der Waals surface area contributed by atoms with Gasteiger partial charge in [0, 0.05) is 12.7 Å². The van der Waals surface area contributed by atoms with Crippen LogP contribution in [-0.2, 0) is 16.5 Å². The van der Waals surface area contributed by atoms with Crippen molar-refractivity contribution < 1.29 is 23.9 Å². The number of carbonyl (C=O) groups excluding carboxylic acids is 3. The Morgan fingerprint density at radius 1 is 1.07 bits per heavy atom. The Labute approximate surface area is 167 Å². The van der Waals surface area contributed by atoms with Crippen molar-refractivity contribution >= 4 is 34.2 Å². The topological polar surface area (TPSA) is 99.5 Å². The molecule has 28 heavy (non-hydrogen) atoms. The van der Waals surface area contributed by atoms with Gasteiger partial charge in [0.15, 0.2) is 0 Å². The second-order valence-electron chi connectivity index (χ2n) is 6.24. The molecule has 152 valence electrons. The molecule has 1 N–H and O–H groups in total. The van der Waals surface area contributed by atoms with Crippen LogP contribution in [0.5, 0.6) is 0 Å². The van der Waals surface area contributed by atoms with Crippen molar-refractivity contribution in [3.63, 3.8) is 0 Å². The van der Waals surface area contributed by atoms with E-state index in [0.29, 0.717) is 28.9 Å². The Balaban J connectivity index is 2.46. The summed E-state index contributed by atoms with van der Waals surface area (Å²) in [6.45, 7) is 9.21. The number of aryl methyl sites for hydroxylation is 2. The summed E-state index contributed by atoms with van der Waals surface area (Å²) in [6.07, 6.45) is 0.662. The molecule has 0 radical (unpaired) electrons. The molecule has 9 heteroatoms. The van der Waals surface area contributed by atoms with Crippen molar-refractivity contribution in [1.82, 2.24) is 9.78 Å². The quantitative estimate of drug-likeness (QED) is 0.706. The van der Waals surface area contributed by atoms with E-state index in [4.69, 9.17) is 9.47 Å². The molecule has 0 fully saturated rings. The summed E-state index contributed by atoms with van der Waals surface area (Å²) in [4.78, 5) is 37.9. The lowest BCUT2D eigenvalue weighted by Crippen LogP contribution is -2.16. The molecular formula is C19H25N3O5S. The number of nitrogens with zero attached hydrogens (tertiary/aromatic N) is 2. The predicted molar refractivity (Wildman–Crippen MR) is 106 cm³/mol. The molecule has 0 atom stereocenters. The van der Waals surface area contributed by atoms with E-state index in [2.05, 4.69) is 10.4 Å². The first-order valence-electron chi connectivity index (χ1n) is 9.01. The van der Waals surface area contributed by atoms with Crippen molar-refractivity contribution in [3.8, 4) is 0 Å². The molecule has 0 bridgehead atoms. The van der Waals surface area contributed by atoms with E-state index in [1.54, 1.807) is 39.4 Å². The van der Waals surface area contributed by atoms with Crippen LogP contribution in [0.3, 0.4) is 0 Å². The molecule has 2 aromatic rings. The number of anilines is 1. The lowest BCUT2D eigenvalue weighted by molar-refractivity contribution is 0.0506. The number of rotatable bonds is 7. The minimum atomic E-state index is -0.582. The number of carbonyl (C=O) groups is 3. The van der Waals surface area contributed by atoms with E-state index in [1.807, 2.05) is 6.92 Å². The second-order valence-corrected chi connectivity index (χ2v) is 7.26. The summed E-state index contributed by atoms with van der Waals surface area (Å²) in [7, 11) is 1.75. The predicted octanol–water partition coefficient (Wildman–Crippen LogP) is 3.40. The number of aromatic nitrogens is 2. The highest BCUT2D eigenvalue weighted by Crippen LogP contribution is 2.35. The van der Waals surface area contributed by atoms with E-state index in [1.165, 1.54) is 0 Å². The van der Waals surface area contributed by atoms with Gasteiger partial charge in [-0.15, -0.1) is 11.3 Å². The highest BCUT2D eigenvalue weighted by molar-refractivity contribution is 7.18. The molecule has 0 aromatic carbocycles. The summed E-state index contributed by atoms with van der Waals surface area (Å²) in [5, 5.41) is 7.25. The summed E-state index contributed by atoms with van der Waals surface area (Å²) in [5.74, 6) is -1.52. The van der Waals surface area contributed by atoms with Crippen LogP contribution in [-0.4, -0.2) is 40.8 Å². The minimum Gasteiger partial charge on any atom is -0.462 e. The third kappa shape index (κ3) is 4.24. The van der Waals surface area contributed by atoms with Crippen molar-refractivity contribution in [1.29, 1.82) is 0 Å². The normalized spacial score (nSPS) is 10.6. The zero-order chi connectivity index (χ0) is 21.0. The van der Waals surface area contributed by atoms with Gasteiger partial charge in [0.25, 0.3) is 5.91 Å². The number of ether oxygens (including phenoxy) is 2. The molecule has 0 saturated heterocycles. The van der Waals surface area contributed by atoms with Crippen LogP contribution in [0.1, 0.15) is 67.6 Å². The minimum absolute atomic E-state index is 0.175. The lowest BCUT2D eigenvalue weighted by Gasteiger charge is -2.08. The van der Waals surface area contributed by atoms with Gasteiger partial charge in [0.2, 0.25) is 0 Å². The summed E-state index contributed by atoms with van der Waals surface area (Å²) >= 11 is 1.00. The summed E-state index contributed by atoms with van der Waals surface area (Å²) in [6, 6.07) is 0. The zero-order valence-corrected chi connectivity index (χ0v) is 17.8. The number of thiophene rings is 1. The van der Waals surface area contributed by atoms with Gasteiger partial charge in [0.05, 0.1) is 30.0 Å². The van der Waals surface area contributed by atoms with Gasteiger partial charge in [-0.3, -0.25) is 9.48 Å². The van der Waals surface area contributed by atoms with Crippen LogP contribution in [0.15, 0.2) is 0 Å². The molecule has 1 amide bonds. The lowest BCUT2D eigenvalue weighted by atomic mass is 10.1. The summed E-state index contributed by atoms with van der Waals surface area (Å²) in [5.41, 5.74) is 2.31. The van der Waals surface area contributed by atoms with E-state index in [-0.39, 0.29) is 28.7 Å². The van der Waals surface area contributed by atoms with Crippen LogP contribution in [0.25, 0.3) is 0 Å².